The minimum atomic E-state index is -1.29. The van der Waals surface area contributed by atoms with E-state index < -0.39 is 9.28 Å². The van der Waals surface area contributed by atoms with Crippen molar-refractivity contribution in [3.63, 3.8) is 0 Å². The third kappa shape index (κ3) is 8.24. The van der Waals surface area contributed by atoms with E-state index in [1.165, 1.54) is 6.42 Å². The molecular weight excluding hydrogens is 168 g/mol. The number of rotatable bonds is 4. The van der Waals surface area contributed by atoms with E-state index in [9.17, 15) is 0 Å². The van der Waals surface area contributed by atoms with Gasteiger partial charge in [-0.2, -0.15) is 0 Å². The van der Waals surface area contributed by atoms with Crippen LogP contribution >= 0.6 is 0 Å². The molecule has 0 saturated heterocycles. The van der Waals surface area contributed by atoms with Crippen LogP contribution in [0.3, 0.4) is 0 Å². The smallest absolute Gasteiger partial charge is 0.323 e. The summed E-state index contributed by atoms with van der Waals surface area (Å²) in [6, 6.07) is 0. The van der Waals surface area contributed by atoms with E-state index >= 15 is 0 Å². The highest BCUT2D eigenvalue weighted by molar-refractivity contribution is 6.46. The molecule has 1 atom stereocenters. The molecule has 0 bridgehead atoms. The fourth-order valence-corrected chi connectivity index (χ4v) is 2.26. The van der Waals surface area contributed by atoms with Crippen LogP contribution < -0.4 is 0 Å². The van der Waals surface area contributed by atoms with Crippen molar-refractivity contribution in [2.45, 2.75) is 46.1 Å². The van der Waals surface area contributed by atoms with Crippen LogP contribution in [0.5, 0.6) is 0 Å². The molecule has 0 fully saturated rings. The van der Waals surface area contributed by atoms with E-state index in [1.807, 2.05) is 0 Å². The molecule has 0 aliphatic heterocycles. The van der Waals surface area contributed by atoms with E-state index in [1.54, 1.807) is 14.2 Å². The molecule has 0 amide bonds. The van der Waals surface area contributed by atoms with Crippen molar-refractivity contribution in [1.29, 1.82) is 0 Å². The molecule has 0 aromatic carbocycles. The van der Waals surface area contributed by atoms with E-state index in [-0.39, 0.29) is 0 Å². The Hall–Kier alpha value is 0.137. The third-order valence-corrected chi connectivity index (χ3v) is 3.90. The normalized spacial score (nSPS) is 12.2. The van der Waals surface area contributed by atoms with Crippen LogP contribution in [0.25, 0.3) is 0 Å². The molecule has 1 unspecified atom stereocenters. The van der Waals surface area contributed by atoms with Gasteiger partial charge in [0.05, 0.1) is 0 Å². The Morgan fingerprint density at radius 1 is 1.08 bits per heavy atom. The Bertz CT molecular complexity index is 74.9. The summed E-state index contributed by atoms with van der Waals surface area (Å²) >= 11 is 0. The van der Waals surface area contributed by atoms with Crippen molar-refractivity contribution in [1.82, 2.24) is 0 Å². The van der Waals surface area contributed by atoms with Gasteiger partial charge in [0.15, 0.2) is 0 Å². The van der Waals surface area contributed by atoms with Crippen molar-refractivity contribution in [3.8, 4) is 0 Å². The lowest BCUT2D eigenvalue weighted by molar-refractivity contribution is 0.266. The lowest BCUT2D eigenvalue weighted by atomic mass is 10.4. The van der Waals surface area contributed by atoms with E-state index in [2.05, 4.69) is 27.7 Å². The summed E-state index contributed by atoms with van der Waals surface area (Å²) in [5.74, 6) is 0. The van der Waals surface area contributed by atoms with Gasteiger partial charge in [-0.25, -0.2) is 0 Å². The van der Waals surface area contributed by atoms with Gasteiger partial charge in [0.2, 0.25) is 0 Å². The molecule has 0 aromatic heterocycles. The summed E-state index contributed by atoms with van der Waals surface area (Å²) in [5.41, 5.74) is 0.625. The van der Waals surface area contributed by atoms with E-state index in [4.69, 9.17) is 8.85 Å². The van der Waals surface area contributed by atoms with Gasteiger partial charge in [-0.3, -0.25) is 0 Å². The van der Waals surface area contributed by atoms with Crippen LogP contribution in [-0.4, -0.2) is 23.5 Å². The van der Waals surface area contributed by atoms with Crippen molar-refractivity contribution in [3.05, 3.63) is 0 Å². The molecule has 0 N–H and O–H groups in total. The van der Waals surface area contributed by atoms with E-state index in [0.29, 0.717) is 5.54 Å². The average molecular weight is 192 g/mol. The van der Waals surface area contributed by atoms with Crippen LogP contribution in [0.15, 0.2) is 0 Å². The molecular formula is C9H24O2Si. The van der Waals surface area contributed by atoms with Crippen LogP contribution in [0.2, 0.25) is 5.54 Å². The largest absolute Gasteiger partial charge is 0.400 e. The molecule has 0 heterocycles. The first-order valence-electron chi connectivity index (χ1n) is 4.73. The van der Waals surface area contributed by atoms with Crippen molar-refractivity contribution >= 4 is 9.28 Å². The second-order valence-corrected chi connectivity index (χ2v) is 5.75. The summed E-state index contributed by atoms with van der Waals surface area (Å²) < 4.78 is 10.3. The summed E-state index contributed by atoms with van der Waals surface area (Å²) in [4.78, 5) is 0. The molecule has 12 heavy (non-hydrogen) atoms. The monoisotopic (exact) mass is 192 g/mol. The molecule has 0 spiro atoms. The zero-order chi connectivity index (χ0) is 9.98. The molecule has 3 heteroatoms. The van der Waals surface area contributed by atoms with Crippen molar-refractivity contribution < 1.29 is 8.85 Å². The first-order chi connectivity index (χ1) is 5.67. The second-order valence-electron chi connectivity index (χ2n) is 2.93. The fourth-order valence-electron chi connectivity index (χ4n) is 0.753. The predicted octanol–water partition coefficient (Wildman–Crippen LogP) is 2.72. The van der Waals surface area contributed by atoms with E-state index in [0.717, 1.165) is 6.42 Å². The van der Waals surface area contributed by atoms with Gasteiger partial charge < -0.3 is 8.85 Å². The predicted molar refractivity (Wildman–Crippen MR) is 56.8 cm³/mol. The zero-order valence-electron chi connectivity index (χ0n) is 9.39. The minimum absolute atomic E-state index is 0.625. The molecule has 0 aromatic rings. The SMILES string of the molecule is CCC.CCC(C)[SiH](OC)OC. The van der Waals surface area contributed by atoms with Crippen LogP contribution in [0.4, 0.5) is 0 Å². The molecule has 0 saturated carbocycles. The van der Waals surface area contributed by atoms with Crippen molar-refractivity contribution in [2.24, 2.45) is 0 Å². The second kappa shape index (κ2) is 11.1. The van der Waals surface area contributed by atoms with Gasteiger partial charge in [-0.1, -0.05) is 40.5 Å². The maximum atomic E-state index is 5.17. The van der Waals surface area contributed by atoms with Crippen LogP contribution in [0.1, 0.15) is 40.5 Å². The maximum Gasteiger partial charge on any atom is 0.323 e. The molecule has 0 radical (unpaired) electrons. The summed E-state index contributed by atoms with van der Waals surface area (Å²) in [7, 11) is 2.17. The summed E-state index contributed by atoms with van der Waals surface area (Å²) in [5, 5.41) is 0. The Morgan fingerprint density at radius 3 is 1.50 bits per heavy atom. The maximum absolute atomic E-state index is 5.17. The minimum Gasteiger partial charge on any atom is -0.400 e. The molecule has 0 aliphatic carbocycles. The summed E-state index contributed by atoms with van der Waals surface area (Å²) in [6.07, 6.45) is 2.40. The highest BCUT2D eigenvalue weighted by Gasteiger charge is 2.16. The topological polar surface area (TPSA) is 18.5 Å². The highest BCUT2D eigenvalue weighted by Crippen LogP contribution is 2.13. The number of hydrogen-bond acceptors (Lipinski definition) is 2. The van der Waals surface area contributed by atoms with Gasteiger partial charge in [-0.05, 0) is 5.54 Å². The van der Waals surface area contributed by atoms with Gasteiger partial charge >= 0.3 is 9.28 Å². The van der Waals surface area contributed by atoms with Gasteiger partial charge in [-0.15, -0.1) is 0 Å². The third-order valence-electron chi connectivity index (χ3n) is 1.57. The standard InChI is InChI=1S/C6H16O2Si.C3H8/c1-5-6(2)9(7-3)8-4;1-3-2/h6,9H,5H2,1-4H3;3H2,1-2H3. The molecule has 0 rings (SSSR count). The molecule has 0 aliphatic rings. The highest BCUT2D eigenvalue weighted by atomic mass is 28.3. The van der Waals surface area contributed by atoms with Crippen molar-refractivity contribution in [2.75, 3.05) is 14.2 Å². The summed E-state index contributed by atoms with van der Waals surface area (Å²) in [6.45, 7) is 8.58. The Morgan fingerprint density at radius 2 is 1.42 bits per heavy atom. The van der Waals surface area contributed by atoms with Gasteiger partial charge in [0.1, 0.15) is 0 Å². The van der Waals surface area contributed by atoms with Crippen LogP contribution in [0, 0.1) is 0 Å². The molecule has 2 nitrogen and oxygen atoms in total. The van der Waals surface area contributed by atoms with Gasteiger partial charge in [0.25, 0.3) is 0 Å². The lowest BCUT2D eigenvalue weighted by Gasteiger charge is -2.16. The Labute approximate surface area is 79.1 Å². The van der Waals surface area contributed by atoms with Gasteiger partial charge in [0, 0.05) is 14.2 Å². The zero-order valence-corrected chi connectivity index (χ0v) is 10.5. The fraction of sp³-hybridized carbons (Fsp3) is 1.00. The van der Waals surface area contributed by atoms with Crippen LogP contribution in [-0.2, 0) is 8.85 Å². The first-order valence-corrected chi connectivity index (χ1v) is 6.34. The average Bonchev–Trinajstić information content (AvgIpc) is 2.08. The Balaban J connectivity index is 0. The number of hydrogen-bond donors (Lipinski definition) is 0. The Kier molecular flexibility index (Phi) is 13.6. The first kappa shape index (κ1) is 14.6. The molecule has 76 valence electrons. The quantitative estimate of drug-likeness (QED) is 0.638. The lowest BCUT2D eigenvalue weighted by Crippen LogP contribution is -2.23.